The fourth-order valence-electron chi connectivity index (χ4n) is 2.84. The van der Waals surface area contributed by atoms with Crippen LogP contribution in [0, 0.1) is 33.5 Å². The van der Waals surface area contributed by atoms with Crippen LogP contribution in [0.1, 0.15) is 40.0 Å². The molecule has 1 aliphatic carbocycles. The van der Waals surface area contributed by atoms with Gasteiger partial charge in [0.05, 0.1) is 17.6 Å². The maximum absolute atomic E-state index is 9.97. The lowest BCUT2D eigenvalue weighted by Gasteiger charge is -2.44. The molecule has 0 heterocycles. The molecule has 0 bridgehead atoms. The molecule has 0 aliphatic heterocycles. The molecule has 0 aromatic heterocycles. The van der Waals surface area contributed by atoms with Crippen molar-refractivity contribution < 1.29 is 5.11 Å². The third-order valence-electron chi connectivity index (χ3n) is 2.80. The molecule has 0 radical (unpaired) electrons. The van der Waals surface area contributed by atoms with Crippen molar-refractivity contribution in [2.45, 2.75) is 45.6 Å². The van der Waals surface area contributed by atoms with Gasteiger partial charge in [-0.1, -0.05) is 13.8 Å². The standard InChI is InChI=1S/C11H16N2O/c1-9(2)4-10(3,7-12)6-11(14,5-9)8-13/h14H,4-6H2,1-3H3. The van der Waals surface area contributed by atoms with Gasteiger partial charge in [0.2, 0.25) is 0 Å². The van der Waals surface area contributed by atoms with E-state index in [9.17, 15) is 5.11 Å². The Morgan fingerprint density at radius 2 is 1.57 bits per heavy atom. The van der Waals surface area contributed by atoms with Crippen molar-refractivity contribution in [3.63, 3.8) is 0 Å². The Labute approximate surface area is 85.0 Å². The van der Waals surface area contributed by atoms with Crippen LogP contribution in [0.3, 0.4) is 0 Å². The van der Waals surface area contributed by atoms with Gasteiger partial charge in [0, 0.05) is 6.42 Å². The Hall–Kier alpha value is -1.06. The maximum atomic E-state index is 9.97. The van der Waals surface area contributed by atoms with E-state index in [-0.39, 0.29) is 11.8 Å². The fraction of sp³-hybridized carbons (Fsp3) is 0.818. The van der Waals surface area contributed by atoms with Gasteiger partial charge >= 0.3 is 0 Å². The summed E-state index contributed by atoms with van der Waals surface area (Å²) in [6.45, 7) is 5.80. The van der Waals surface area contributed by atoms with E-state index in [1.807, 2.05) is 26.8 Å². The van der Waals surface area contributed by atoms with Gasteiger partial charge < -0.3 is 5.11 Å². The van der Waals surface area contributed by atoms with Crippen LogP contribution in [-0.4, -0.2) is 10.7 Å². The molecule has 1 fully saturated rings. The Morgan fingerprint density at radius 3 is 2.00 bits per heavy atom. The molecule has 76 valence electrons. The molecule has 3 nitrogen and oxygen atoms in total. The summed E-state index contributed by atoms with van der Waals surface area (Å²) in [5.41, 5.74) is -2.05. The minimum Gasteiger partial charge on any atom is -0.375 e. The molecule has 0 spiro atoms. The SMILES string of the molecule is CC1(C)CC(C)(C#N)CC(O)(C#N)C1. The van der Waals surface area contributed by atoms with Gasteiger partial charge in [-0.15, -0.1) is 0 Å². The third kappa shape index (κ3) is 2.05. The molecular formula is C11H16N2O. The molecule has 3 heteroatoms. The molecule has 1 aliphatic rings. The second-order valence-electron chi connectivity index (χ2n) is 5.51. The van der Waals surface area contributed by atoms with Crippen LogP contribution in [0.2, 0.25) is 0 Å². The van der Waals surface area contributed by atoms with Crippen LogP contribution in [0.4, 0.5) is 0 Å². The number of nitriles is 2. The lowest BCUT2D eigenvalue weighted by atomic mass is 9.60. The van der Waals surface area contributed by atoms with Crippen LogP contribution in [0.25, 0.3) is 0 Å². The summed E-state index contributed by atoms with van der Waals surface area (Å²) >= 11 is 0. The number of rotatable bonds is 0. The molecule has 1 N–H and O–H groups in total. The third-order valence-corrected chi connectivity index (χ3v) is 2.80. The van der Waals surface area contributed by atoms with E-state index in [4.69, 9.17) is 10.5 Å². The molecule has 2 atom stereocenters. The summed E-state index contributed by atoms with van der Waals surface area (Å²) in [7, 11) is 0. The number of hydrogen-bond acceptors (Lipinski definition) is 3. The molecule has 0 saturated heterocycles. The van der Waals surface area contributed by atoms with Crippen molar-refractivity contribution in [3.05, 3.63) is 0 Å². The average molecular weight is 192 g/mol. The van der Waals surface area contributed by atoms with Crippen molar-refractivity contribution in [3.8, 4) is 12.1 Å². The van der Waals surface area contributed by atoms with E-state index in [1.165, 1.54) is 0 Å². The van der Waals surface area contributed by atoms with Gasteiger partial charge in [0.1, 0.15) is 0 Å². The predicted octanol–water partition coefficient (Wildman–Crippen LogP) is 1.98. The Morgan fingerprint density at radius 1 is 1.00 bits per heavy atom. The molecule has 1 saturated carbocycles. The van der Waals surface area contributed by atoms with Crippen molar-refractivity contribution in [2.24, 2.45) is 10.8 Å². The van der Waals surface area contributed by atoms with Crippen LogP contribution in [0.5, 0.6) is 0 Å². The monoisotopic (exact) mass is 192 g/mol. The summed E-state index contributed by atoms with van der Waals surface area (Å²) < 4.78 is 0. The quantitative estimate of drug-likeness (QED) is 0.597. The zero-order valence-electron chi connectivity index (χ0n) is 8.96. The van der Waals surface area contributed by atoms with Gasteiger partial charge in [-0.25, -0.2) is 0 Å². The molecule has 0 amide bonds. The van der Waals surface area contributed by atoms with Gasteiger partial charge in [-0.3, -0.25) is 0 Å². The fourth-order valence-corrected chi connectivity index (χ4v) is 2.84. The lowest BCUT2D eigenvalue weighted by molar-refractivity contribution is -0.0354. The summed E-state index contributed by atoms with van der Waals surface area (Å²) in [6.07, 6.45) is 1.45. The van der Waals surface area contributed by atoms with Crippen LogP contribution >= 0.6 is 0 Å². The van der Waals surface area contributed by atoms with E-state index in [2.05, 4.69) is 6.07 Å². The summed E-state index contributed by atoms with van der Waals surface area (Å²) in [4.78, 5) is 0. The first-order valence-corrected chi connectivity index (χ1v) is 4.79. The first-order chi connectivity index (χ1) is 6.24. The first kappa shape index (κ1) is 11.0. The van der Waals surface area contributed by atoms with Crippen molar-refractivity contribution in [1.29, 1.82) is 10.5 Å². The van der Waals surface area contributed by atoms with Gasteiger partial charge in [-0.2, -0.15) is 10.5 Å². The summed E-state index contributed by atoms with van der Waals surface area (Å²) in [5.74, 6) is 0. The van der Waals surface area contributed by atoms with Crippen molar-refractivity contribution in [1.82, 2.24) is 0 Å². The van der Waals surface area contributed by atoms with E-state index < -0.39 is 11.0 Å². The molecular weight excluding hydrogens is 176 g/mol. The minimum atomic E-state index is -1.33. The van der Waals surface area contributed by atoms with E-state index in [1.54, 1.807) is 0 Å². The van der Waals surface area contributed by atoms with E-state index >= 15 is 0 Å². The zero-order chi connectivity index (χ0) is 11.0. The van der Waals surface area contributed by atoms with Gasteiger partial charge in [0.25, 0.3) is 0 Å². The summed E-state index contributed by atoms with van der Waals surface area (Å²) in [6, 6.07) is 4.14. The van der Waals surface area contributed by atoms with Crippen LogP contribution in [-0.2, 0) is 0 Å². The topological polar surface area (TPSA) is 67.8 Å². The van der Waals surface area contributed by atoms with E-state index in [0.717, 1.165) is 6.42 Å². The zero-order valence-corrected chi connectivity index (χ0v) is 8.96. The van der Waals surface area contributed by atoms with Gasteiger partial charge in [0.15, 0.2) is 5.60 Å². The number of hydrogen-bond donors (Lipinski definition) is 1. The highest BCUT2D eigenvalue weighted by Gasteiger charge is 2.49. The number of aliphatic hydroxyl groups is 1. The van der Waals surface area contributed by atoms with Gasteiger partial charge in [-0.05, 0) is 25.2 Å². The minimum absolute atomic E-state index is 0.146. The first-order valence-electron chi connectivity index (χ1n) is 4.79. The molecule has 1 rings (SSSR count). The second kappa shape index (κ2) is 2.97. The molecule has 14 heavy (non-hydrogen) atoms. The Kier molecular flexibility index (Phi) is 2.34. The maximum Gasteiger partial charge on any atom is 0.153 e. The van der Waals surface area contributed by atoms with Crippen LogP contribution in [0.15, 0.2) is 0 Å². The smallest absolute Gasteiger partial charge is 0.153 e. The lowest BCUT2D eigenvalue weighted by Crippen LogP contribution is -2.45. The molecule has 0 aromatic rings. The predicted molar refractivity (Wildman–Crippen MR) is 51.9 cm³/mol. The van der Waals surface area contributed by atoms with Crippen LogP contribution < -0.4 is 0 Å². The summed E-state index contributed by atoms with van der Waals surface area (Å²) in [5, 5.41) is 27.9. The average Bonchev–Trinajstić information content (AvgIpc) is 2.00. The largest absolute Gasteiger partial charge is 0.375 e. The Bertz CT molecular complexity index is 293. The highest BCUT2D eigenvalue weighted by atomic mass is 16.3. The molecule has 0 aromatic carbocycles. The molecule has 2 unspecified atom stereocenters. The number of nitrogens with zero attached hydrogens (tertiary/aromatic N) is 2. The van der Waals surface area contributed by atoms with E-state index in [0.29, 0.717) is 6.42 Å². The highest BCUT2D eigenvalue weighted by Crippen LogP contribution is 2.49. The van der Waals surface area contributed by atoms with Crippen molar-refractivity contribution >= 4 is 0 Å². The highest BCUT2D eigenvalue weighted by molar-refractivity contribution is 5.15. The Balaban J connectivity index is 3.03. The van der Waals surface area contributed by atoms with Crippen molar-refractivity contribution in [2.75, 3.05) is 0 Å². The second-order valence-corrected chi connectivity index (χ2v) is 5.51. The normalized spacial score (nSPS) is 41.0.